The van der Waals surface area contributed by atoms with E-state index in [0.29, 0.717) is 6.42 Å². The van der Waals surface area contributed by atoms with Crippen molar-refractivity contribution in [1.82, 2.24) is 5.32 Å². The van der Waals surface area contributed by atoms with Gasteiger partial charge in [0.05, 0.1) is 6.07 Å². The van der Waals surface area contributed by atoms with Crippen molar-refractivity contribution < 1.29 is 0 Å². The summed E-state index contributed by atoms with van der Waals surface area (Å²) in [4.78, 5) is 0. The standard InChI is InChI=1S/C14H20N2.ClH/c1-2-13-6-8-14(9-7-13)12-16-11-5-3-4-10-15;/h6-9,16H,2-5,11-12H2,1H3;1H. The van der Waals surface area contributed by atoms with E-state index in [0.717, 1.165) is 32.4 Å². The maximum atomic E-state index is 8.38. The van der Waals surface area contributed by atoms with Crippen LogP contribution < -0.4 is 5.32 Å². The normalized spacial score (nSPS) is 9.41. The molecule has 0 spiro atoms. The average molecular weight is 253 g/mol. The molecular weight excluding hydrogens is 232 g/mol. The molecule has 0 aromatic heterocycles. The summed E-state index contributed by atoms with van der Waals surface area (Å²) < 4.78 is 0. The summed E-state index contributed by atoms with van der Waals surface area (Å²) >= 11 is 0. The first kappa shape index (κ1) is 16.0. The van der Waals surface area contributed by atoms with Crippen LogP contribution in [0.1, 0.15) is 37.3 Å². The number of rotatable bonds is 7. The molecule has 0 atom stereocenters. The fourth-order valence-corrected chi connectivity index (χ4v) is 1.58. The Morgan fingerprint density at radius 1 is 1.12 bits per heavy atom. The molecule has 0 fully saturated rings. The van der Waals surface area contributed by atoms with E-state index >= 15 is 0 Å². The van der Waals surface area contributed by atoms with Gasteiger partial charge in [0.25, 0.3) is 0 Å². The number of aryl methyl sites for hydroxylation is 1. The molecule has 94 valence electrons. The Labute approximate surface area is 110 Å². The van der Waals surface area contributed by atoms with Crippen LogP contribution in [0.4, 0.5) is 0 Å². The van der Waals surface area contributed by atoms with Gasteiger partial charge in [0.15, 0.2) is 0 Å². The second-order valence-corrected chi connectivity index (χ2v) is 3.96. The maximum absolute atomic E-state index is 8.38. The fraction of sp³-hybridized carbons (Fsp3) is 0.500. The van der Waals surface area contributed by atoms with Gasteiger partial charge in [0.1, 0.15) is 0 Å². The number of nitriles is 1. The topological polar surface area (TPSA) is 35.8 Å². The van der Waals surface area contributed by atoms with Gasteiger partial charge in [-0.15, -0.1) is 12.4 Å². The van der Waals surface area contributed by atoms with Gasteiger partial charge < -0.3 is 5.32 Å². The minimum atomic E-state index is 0. The van der Waals surface area contributed by atoms with Crippen molar-refractivity contribution >= 4 is 12.4 Å². The summed E-state index contributed by atoms with van der Waals surface area (Å²) in [5, 5.41) is 11.8. The molecule has 1 N–H and O–H groups in total. The smallest absolute Gasteiger partial charge is 0.0621 e. The molecule has 0 saturated heterocycles. The van der Waals surface area contributed by atoms with E-state index in [1.807, 2.05) is 0 Å². The van der Waals surface area contributed by atoms with E-state index < -0.39 is 0 Å². The van der Waals surface area contributed by atoms with E-state index in [4.69, 9.17) is 5.26 Å². The average Bonchev–Trinajstić information content (AvgIpc) is 2.34. The van der Waals surface area contributed by atoms with Crippen molar-refractivity contribution in [3.05, 3.63) is 35.4 Å². The highest BCUT2D eigenvalue weighted by Crippen LogP contribution is 2.04. The Morgan fingerprint density at radius 3 is 2.35 bits per heavy atom. The van der Waals surface area contributed by atoms with Gasteiger partial charge >= 0.3 is 0 Å². The second-order valence-electron chi connectivity index (χ2n) is 3.96. The Morgan fingerprint density at radius 2 is 1.76 bits per heavy atom. The van der Waals surface area contributed by atoms with Gasteiger partial charge in [-0.2, -0.15) is 5.26 Å². The van der Waals surface area contributed by atoms with Crippen LogP contribution in [0.25, 0.3) is 0 Å². The number of benzene rings is 1. The third-order valence-electron chi connectivity index (χ3n) is 2.65. The van der Waals surface area contributed by atoms with Gasteiger partial charge in [-0.25, -0.2) is 0 Å². The van der Waals surface area contributed by atoms with Crippen LogP contribution in [0.3, 0.4) is 0 Å². The summed E-state index contributed by atoms with van der Waals surface area (Å²) in [5.41, 5.74) is 2.72. The predicted octanol–water partition coefficient (Wildman–Crippen LogP) is 3.45. The van der Waals surface area contributed by atoms with Crippen LogP contribution in [0.2, 0.25) is 0 Å². The maximum Gasteiger partial charge on any atom is 0.0621 e. The fourth-order valence-electron chi connectivity index (χ4n) is 1.58. The summed E-state index contributed by atoms with van der Waals surface area (Å²) in [6, 6.07) is 10.9. The molecule has 1 aromatic rings. The molecule has 0 aliphatic carbocycles. The molecule has 0 unspecified atom stereocenters. The SMILES string of the molecule is CCc1ccc(CNCCCCC#N)cc1.Cl. The lowest BCUT2D eigenvalue weighted by molar-refractivity contribution is 0.628. The molecule has 0 radical (unpaired) electrons. The predicted molar refractivity (Wildman–Crippen MR) is 74.2 cm³/mol. The van der Waals surface area contributed by atoms with E-state index in [9.17, 15) is 0 Å². The summed E-state index contributed by atoms with van der Waals surface area (Å²) in [6.45, 7) is 4.09. The lowest BCUT2D eigenvalue weighted by atomic mass is 10.1. The first-order chi connectivity index (χ1) is 7.86. The van der Waals surface area contributed by atoms with Gasteiger partial charge in [0, 0.05) is 13.0 Å². The molecule has 0 aliphatic heterocycles. The van der Waals surface area contributed by atoms with E-state index in [-0.39, 0.29) is 12.4 Å². The zero-order chi connectivity index (χ0) is 11.6. The second kappa shape index (κ2) is 10.1. The van der Waals surface area contributed by atoms with Gasteiger partial charge in [0.2, 0.25) is 0 Å². The highest BCUT2D eigenvalue weighted by molar-refractivity contribution is 5.85. The summed E-state index contributed by atoms with van der Waals surface area (Å²) in [6.07, 6.45) is 3.85. The first-order valence-corrected chi connectivity index (χ1v) is 6.02. The number of unbranched alkanes of at least 4 members (excludes halogenated alkanes) is 2. The molecule has 1 rings (SSSR count). The molecule has 0 aliphatic rings. The quantitative estimate of drug-likeness (QED) is 0.755. The Balaban J connectivity index is 0.00000256. The Kier molecular flexibility index (Phi) is 9.52. The van der Waals surface area contributed by atoms with E-state index in [2.05, 4.69) is 42.6 Å². The lowest BCUT2D eigenvalue weighted by Crippen LogP contribution is -2.14. The Hall–Kier alpha value is -1.04. The summed E-state index contributed by atoms with van der Waals surface area (Å²) in [7, 11) is 0. The molecule has 0 heterocycles. The minimum Gasteiger partial charge on any atom is -0.313 e. The van der Waals surface area contributed by atoms with Crippen molar-refractivity contribution in [2.75, 3.05) is 6.54 Å². The summed E-state index contributed by atoms with van der Waals surface area (Å²) in [5.74, 6) is 0. The monoisotopic (exact) mass is 252 g/mol. The van der Waals surface area contributed by atoms with Crippen LogP contribution in [0.15, 0.2) is 24.3 Å². The van der Waals surface area contributed by atoms with Gasteiger partial charge in [-0.1, -0.05) is 31.2 Å². The molecule has 1 aromatic carbocycles. The number of hydrogen-bond donors (Lipinski definition) is 1. The van der Waals surface area contributed by atoms with Crippen molar-refractivity contribution in [2.24, 2.45) is 0 Å². The molecule has 0 amide bonds. The van der Waals surface area contributed by atoms with Crippen molar-refractivity contribution in [2.45, 2.75) is 39.2 Å². The molecule has 17 heavy (non-hydrogen) atoms. The molecule has 3 heteroatoms. The number of hydrogen-bond acceptors (Lipinski definition) is 2. The van der Waals surface area contributed by atoms with Crippen LogP contribution in [-0.4, -0.2) is 6.54 Å². The first-order valence-electron chi connectivity index (χ1n) is 6.02. The minimum absolute atomic E-state index is 0. The van der Waals surface area contributed by atoms with Gasteiger partial charge in [-0.05, 0) is 36.9 Å². The van der Waals surface area contributed by atoms with Crippen molar-refractivity contribution in [3.8, 4) is 6.07 Å². The van der Waals surface area contributed by atoms with Crippen LogP contribution in [0.5, 0.6) is 0 Å². The zero-order valence-electron chi connectivity index (χ0n) is 10.4. The largest absolute Gasteiger partial charge is 0.313 e. The molecule has 0 bridgehead atoms. The number of nitrogens with one attached hydrogen (secondary N) is 1. The number of nitrogens with zero attached hydrogens (tertiary/aromatic N) is 1. The third kappa shape index (κ3) is 6.99. The number of halogens is 1. The molecule has 0 saturated carbocycles. The van der Waals surface area contributed by atoms with Crippen molar-refractivity contribution in [3.63, 3.8) is 0 Å². The Bertz CT molecular complexity index is 327. The highest BCUT2D eigenvalue weighted by Gasteiger charge is 1.93. The lowest BCUT2D eigenvalue weighted by Gasteiger charge is -2.05. The van der Waals surface area contributed by atoms with Gasteiger partial charge in [-0.3, -0.25) is 0 Å². The zero-order valence-corrected chi connectivity index (χ0v) is 11.2. The highest BCUT2D eigenvalue weighted by atomic mass is 35.5. The van der Waals surface area contributed by atoms with Crippen LogP contribution >= 0.6 is 12.4 Å². The molecular formula is C14H21ClN2. The molecule has 2 nitrogen and oxygen atoms in total. The third-order valence-corrected chi connectivity index (χ3v) is 2.65. The van der Waals surface area contributed by atoms with Crippen LogP contribution in [0, 0.1) is 11.3 Å². The van der Waals surface area contributed by atoms with Crippen molar-refractivity contribution in [1.29, 1.82) is 5.26 Å². The van der Waals surface area contributed by atoms with E-state index in [1.165, 1.54) is 11.1 Å². The van der Waals surface area contributed by atoms with Crippen LogP contribution in [-0.2, 0) is 13.0 Å². The van der Waals surface area contributed by atoms with E-state index in [1.54, 1.807) is 0 Å².